The molecule has 0 heterocycles. The van der Waals surface area contributed by atoms with E-state index in [0.29, 0.717) is 5.56 Å². The number of rotatable bonds is 8. The Labute approximate surface area is 165 Å². The summed E-state index contributed by atoms with van der Waals surface area (Å²) in [7, 11) is 0. The Bertz CT molecular complexity index is 685. The lowest BCUT2D eigenvalue weighted by atomic mass is 10.0. The molecule has 0 aliphatic rings. The summed E-state index contributed by atoms with van der Waals surface area (Å²) in [5, 5.41) is 39.4. The molecule has 3 atom stereocenters. The zero-order valence-electron chi connectivity index (χ0n) is 14.9. The van der Waals surface area contributed by atoms with E-state index in [-0.39, 0.29) is 22.3 Å². The topological polar surface area (TPSA) is 154 Å². The maximum absolute atomic E-state index is 11.3. The number of carboxylic acids is 2. The average molecular weight is 425 g/mol. The minimum Gasteiger partial charge on any atom is -0.479 e. The highest BCUT2D eigenvalue weighted by Crippen LogP contribution is 2.32. The molecule has 0 aliphatic carbocycles. The van der Waals surface area contributed by atoms with Gasteiger partial charge in [0.2, 0.25) is 6.10 Å². The number of hydroxylamine groups is 2. The van der Waals surface area contributed by atoms with Crippen molar-refractivity contribution in [3.05, 3.63) is 27.7 Å². The number of nitrogens with two attached hydrogens (primary N) is 1. The SMILES string of the molecule is CC(C)(C)N(CC(O)c1cc(Cl)c(N)c(Cl)c1)OC(C(=O)O)C(O)C(=O)O. The van der Waals surface area contributed by atoms with Gasteiger partial charge in [0.05, 0.1) is 28.4 Å². The molecule has 0 aliphatic heterocycles. The molecule has 6 N–H and O–H groups in total. The van der Waals surface area contributed by atoms with Gasteiger partial charge in [-0.1, -0.05) is 23.2 Å². The van der Waals surface area contributed by atoms with Gasteiger partial charge in [-0.2, -0.15) is 5.06 Å². The standard InChI is InChI=1S/C16H22Cl2N2O7/c1-16(2,3)20(27-13(15(25)26)12(22)14(23)24)6-10(21)7-4-8(17)11(19)9(18)5-7/h4-5,10,12-13,21-22H,6,19H2,1-3H3,(H,23,24)(H,25,26). The van der Waals surface area contributed by atoms with Crippen LogP contribution in [0.25, 0.3) is 0 Å². The summed E-state index contributed by atoms with van der Waals surface area (Å²) in [5.74, 6) is -3.43. The van der Waals surface area contributed by atoms with Crippen molar-refractivity contribution < 1.29 is 34.9 Å². The van der Waals surface area contributed by atoms with Gasteiger partial charge in [-0.15, -0.1) is 0 Å². The smallest absolute Gasteiger partial charge is 0.338 e. The molecule has 1 aromatic carbocycles. The number of anilines is 1. The number of carbonyl (C=O) groups is 2. The fraction of sp³-hybridized carbons (Fsp3) is 0.500. The Morgan fingerprint density at radius 1 is 1.15 bits per heavy atom. The van der Waals surface area contributed by atoms with Gasteiger partial charge >= 0.3 is 11.9 Å². The summed E-state index contributed by atoms with van der Waals surface area (Å²) >= 11 is 11.9. The first-order chi connectivity index (χ1) is 12.3. The number of carboxylic acid groups (broad SMARTS) is 2. The Morgan fingerprint density at radius 2 is 1.63 bits per heavy atom. The largest absolute Gasteiger partial charge is 0.479 e. The molecule has 1 aromatic rings. The van der Waals surface area contributed by atoms with Crippen LogP contribution in [0.3, 0.4) is 0 Å². The Balaban J connectivity index is 3.11. The molecule has 11 heteroatoms. The van der Waals surface area contributed by atoms with Gasteiger partial charge in [-0.25, -0.2) is 9.59 Å². The summed E-state index contributed by atoms with van der Waals surface area (Å²) < 4.78 is 0. The summed E-state index contributed by atoms with van der Waals surface area (Å²) in [6, 6.07) is 2.80. The van der Waals surface area contributed by atoms with Gasteiger partial charge in [-0.3, -0.25) is 4.84 Å². The van der Waals surface area contributed by atoms with Crippen LogP contribution in [-0.4, -0.2) is 61.7 Å². The van der Waals surface area contributed by atoms with Crippen LogP contribution in [0.4, 0.5) is 5.69 Å². The van der Waals surface area contributed by atoms with Crippen LogP contribution >= 0.6 is 23.2 Å². The van der Waals surface area contributed by atoms with Crippen molar-refractivity contribution in [3.8, 4) is 0 Å². The number of halogens is 2. The highest BCUT2D eigenvalue weighted by molar-refractivity contribution is 6.38. The molecule has 9 nitrogen and oxygen atoms in total. The molecule has 0 bridgehead atoms. The number of nitrogens with zero attached hydrogens (tertiary/aromatic N) is 1. The number of nitrogen functional groups attached to an aromatic ring is 1. The molecule has 0 aromatic heterocycles. The molecule has 0 saturated heterocycles. The highest BCUT2D eigenvalue weighted by Gasteiger charge is 2.38. The van der Waals surface area contributed by atoms with Gasteiger partial charge in [-0.05, 0) is 38.5 Å². The van der Waals surface area contributed by atoms with Crippen molar-refractivity contribution in [2.24, 2.45) is 0 Å². The van der Waals surface area contributed by atoms with Crippen LogP contribution in [-0.2, 0) is 14.4 Å². The number of aliphatic carboxylic acids is 2. The van der Waals surface area contributed by atoms with Crippen molar-refractivity contribution in [1.29, 1.82) is 0 Å². The molecule has 27 heavy (non-hydrogen) atoms. The zero-order chi connectivity index (χ0) is 21.1. The number of benzene rings is 1. The zero-order valence-corrected chi connectivity index (χ0v) is 16.4. The van der Waals surface area contributed by atoms with E-state index in [1.165, 1.54) is 12.1 Å². The third-order valence-electron chi connectivity index (χ3n) is 3.60. The number of hydrogen-bond donors (Lipinski definition) is 5. The van der Waals surface area contributed by atoms with Gasteiger partial charge in [0, 0.05) is 5.54 Å². The first-order valence-electron chi connectivity index (χ1n) is 7.76. The van der Waals surface area contributed by atoms with E-state index >= 15 is 0 Å². The summed E-state index contributed by atoms with van der Waals surface area (Å²) in [6.07, 6.45) is -5.60. The number of aliphatic hydroxyl groups excluding tert-OH is 2. The maximum Gasteiger partial charge on any atom is 0.338 e. The monoisotopic (exact) mass is 424 g/mol. The van der Waals surface area contributed by atoms with Crippen LogP contribution < -0.4 is 5.73 Å². The van der Waals surface area contributed by atoms with Crippen molar-refractivity contribution in [1.82, 2.24) is 5.06 Å². The molecular weight excluding hydrogens is 403 g/mol. The van der Waals surface area contributed by atoms with Crippen molar-refractivity contribution >= 4 is 40.8 Å². The molecule has 0 spiro atoms. The fourth-order valence-electron chi connectivity index (χ4n) is 2.04. The molecular formula is C16H22Cl2N2O7. The van der Waals surface area contributed by atoms with E-state index in [9.17, 15) is 24.9 Å². The molecule has 152 valence electrons. The van der Waals surface area contributed by atoms with E-state index in [4.69, 9.17) is 38.9 Å². The van der Waals surface area contributed by atoms with Gasteiger partial charge in [0.15, 0.2) is 6.10 Å². The quantitative estimate of drug-likeness (QED) is 0.308. The minimum atomic E-state index is -2.30. The van der Waals surface area contributed by atoms with E-state index in [1.807, 2.05) is 0 Å². The second-order valence-corrected chi connectivity index (χ2v) is 7.61. The van der Waals surface area contributed by atoms with Gasteiger partial charge in [0.25, 0.3) is 0 Å². The molecule has 0 fully saturated rings. The number of aliphatic hydroxyl groups is 2. The number of β-amino-alcohol motifs (C(OH)–C–C–N with tert-alkyl or cyclic N) is 1. The summed E-state index contributed by atoms with van der Waals surface area (Å²) in [6.45, 7) is 4.67. The molecule has 0 radical (unpaired) electrons. The normalized spacial score (nSPS) is 15.4. The lowest BCUT2D eigenvalue weighted by Crippen LogP contribution is -2.52. The van der Waals surface area contributed by atoms with Crippen LogP contribution in [0, 0.1) is 0 Å². The Morgan fingerprint density at radius 3 is 2.00 bits per heavy atom. The number of hydrogen-bond acceptors (Lipinski definition) is 7. The van der Waals surface area contributed by atoms with Gasteiger partial charge < -0.3 is 26.2 Å². The van der Waals surface area contributed by atoms with Crippen LogP contribution in [0.5, 0.6) is 0 Å². The second kappa shape index (κ2) is 9.05. The van der Waals surface area contributed by atoms with Crippen molar-refractivity contribution in [2.75, 3.05) is 12.3 Å². The maximum atomic E-state index is 11.3. The third-order valence-corrected chi connectivity index (χ3v) is 4.22. The summed E-state index contributed by atoms with van der Waals surface area (Å²) in [4.78, 5) is 27.5. The van der Waals surface area contributed by atoms with E-state index in [0.717, 1.165) is 5.06 Å². The lowest BCUT2D eigenvalue weighted by Gasteiger charge is -2.37. The molecule has 0 saturated carbocycles. The van der Waals surface area contributed by atoms with Crippen LogP contribution in [0.1, 0.15) is 32.4 Å². The van der Waals surface area contributed by atoms with Crippen molar-refractivity contribution in [3.63, 3.8) is 0 Å². The highest BCUT2D eigenvalue weighted by atomic mass is 35.5. The first kappa shape index (κ1) is 23.4. The molecule has 1 rings (SSSR count). The summed E-state index contributed by atoms with van der Waals surface area (Å²) in [5.41, 5.74) is 5.24. The lowest BCUT2D eigenvalue weighted by molar-refractivity contribution is -0.267. The van der Waals surface area contributed by atoms with E-state index in [1.54, 1.807) is 20.8 Å². The van der Waals surface area contributed by atoms with E-state index < -0.39 is 35.8 Å². The second-order valence-electron chi connectivity index (χ2n) is 6.79. The molecule has 3 unspecified atom stereocenters. The van der Waals surface area contributed by atoms with Crippen molar-refractivity contribution in [2.45, 2.75) is 44.6 Å². The van der Waals surface area contributed by atoms with Crippen LogP contribution in [0.2, 0.25) is 10.0 Å². The minimum absolute atomic E-state index is 0.129. The van der Waals surface area contributed by atoms with Crippen LogP contribution in [0.15, 0.2) is 12.1 Å². The average Bonchev–Trinajstić information content (AvgIpc) is 2.53. The fourth-order valence-corrected chi connectivity index (χ4v) is 2.54. The third kappa shape index (κ3) is 6.20. The Kier molecular flexibility index (Phi) is 7.85. The van der Waals surface area contributed by atoms with Gasteiger partial charge in [0.1, 0.15) is 0 Å². The predicted octanol–water partition coefficient (Wildman–Crippen LogP) is 1.54. The Hall–Kier alpha value is -1.62. The predicted molar refractivity (Wildman–Crippen MR) is 98.4 cm³/mol. The van der Waals surface area contributed by atoms with E-state index in [2.05, 4.69) is 0 Å². The molecule has 0 amide bonds. The first-order valence-corrected chi connectivity index (χ1v) is 8.51.